The molecule has 0 saturated heterocycles. The van der Waals surface area contributed by atoms with E-state index in [1.54, 1.807) is 13.0 Å². The third-order valence-electron chi connectivity index (χ3n) is 1.80. The molecule has 0 aliphatic carbocycles. The molecule has 0 unspecified atom stereocenters. The summed E-state index contributed by atoms with van der Waals surface area (Å²) in [6.07, 6.45) is 1.52. The Bertz CT molecular complexity index is 509. The molecule has 78 valence electrons. The van der Waals surface area contributed by atoms with Crippen molar-refractivity contribution in [1.82, 2.24) is 9.97 Å². The summed E-state index contributed by atoms with van der Waals surface area (Å²) in [5, 5.41) is 0.397. The zero-order valence-corrected chi connectivity index (χ0v) is 8.87. The topological polar surface area (TPSA) is 78.1 Å². The highest BCUT2D eigenvalue weighted by molar-refractivity contribution is 7.22. The van der Waals surface area contributed by atoms with Crippen molar-refractivity contribution >= 4 is 32.8 Å². The van der Waals surface area contributed by atoms with E-state index in [4.69, 9.17) is 10.5 Å². The van der Waals surface area contributed by atoms with Crippen LogP contribution < -0.4 is 5.73 Å². The summed E-state index contributed by atoms with van der Waals surface area (Å²) in [4.78, 5) is 19.6. The van der Waals surface area contributed by atoms with Gasteiger partial charge in [0, 0.05) is 6.20 Å². The minimum Gasteiger partial charge on any atom is -0.462 e. The number of fused-ring (bicyclic) bond motifs is 1. The van der Waals surface area contributed by atoms with Gasteiger partial charge in [-0.15, -0.1) is 0 Å². The fraction of sp³-hybridized carbons (Fsp3) is 0.222. The summed E-state index contributed by atoms with van der Waals surface area (Å²) >= 11 is 1.24. The van der Waals surface area contributed by atoms with E-state index in [-0.39, 0.29) is 5.97 Å². The number of thiazole rings is 1. The van der Waals surface area contributed by atoms with Gasteiger partial charge in [0.15, 0.2) is 10.8 Å². The first-order valence-corrected chi connectivity index (χ1v) is 5.22. The van der Waals surface area contributed by atoms with Crippen LogP contribution in [-0.4, -0.2) is 22.5 Å². The van der Waals surface area contributed by atoms with E-state index >= 15 is 0 Å². The molecule has 6 heteroatoms. The number of carbonyl (C=O) groups excluding carboxylic acids is 1. The van der Waals surface area contributed by atoms with E-state index in [2.05, 4.69) is 9.97 Å². The Balaban J connectivity index is 2.55. The number of carbonyl (C=O) groups is 1. The molecule has 0 spiro atoms. The van der Waals surface area contributed by atoms with E-state index in [0.29, 0.717) is 27.6 Å². The molecule has 0 fully saturated rings. The van der Waals surface area contributed by atoms with Crippen LogP contribution in [0.4, 0.5) is 5.13 Å². The number of nitrogens with zero attached hydrogens (tertiary/aromatic N) is 2. The third-order valence-corrected chi connectivity index (χ3v) is 2.71. The predicted octanol–water partition coefficient (Wildman–Crippen LogP) is 1.45. The molecule has 0 radical (unpaired) electrons. The Morgan fingerprint density at radius 1 is 1.67 bits per heavy atom. The summed E-state index contributed by atoms with van der Waals surface area (Å²) in [5.74, 6) is -0.367. The first-order chi connectivity index (χ1) is 7.22. The van der Waals surface area contributed by atoms with Crippen LogP contribution in [0.1, 0.15) is 17.3 Å². The number of nitrogens with two attached hydrogens (primary N) is 1. The zero-order chi connectivity index (χ0) is 10.8. The number of nitrogen functional groups attached to an aromatic ring is 1. The van der Waals surface area contributed by atoms with Crippen LogP contribution >= 0.6 is 11.3 Å². The molecule has 0 atom stereocenters. The number of hydrogen-bond acceptors (Lipinski definition) is 6. The van der Waals surface area contributed by atoms with Crippen molar-refractivity contribution in [1.29, 1.82) is 0 Å². The molecule has 0 aromatic carbocycles. The van der Waals surface area contributed by atoms with Crippen LogP contribution in [0.15, 0.2) is 12.3 Å². The van der Waals surface area contributed by atoms with Crippen LogP contribution in [0.5, 0.6) is 0 Å². The van der Waals surface area contributed by atoms with Gasteiger partial charge in [0.05, 0.1) is 16.9 Å². The van der Waals surface area contributed by atoms with Gasteiger partial charge in [-0.1, -0.05) is 11.3 Å². The molecule has 2 aromatic heterocycles. The molecular formula is C9H9N3O2S. The SMILES string of the molecule is CCOC(=O)c1ccnc2nc(N)sc12. The molecule has 2 heterocycles. The summed E-state index contributed by atoms with van der Waals surface area (Å²) in [6, 6.07) is 1.61. The van der Waals surface area contributed by atoms with Crippen molar-refractivity contribution < 1.29 is 9.53 Å². The van der Waals surface area contributed by atoms with Gasteiger partial charge in [-0.25, -0.2) is 14.8 Å². The van der Waals surface area contributed by atoms with Crippen LogP contribution in [-0.2, 0) is 4.74 Å². The number of anilines is 1. The molecule has 0 aliphatic rings. The predicted molar refractivity (Wildman–Crippen MR) is 57.8 cm³/mol. The highest BCUT2D eigenvalue weighted by Crippen LogP contribution is 2.25. The highest BCUT2D eigenvalue weighted by Gasteiger charge is 2.14. The van der Waals surface area contributed by atoms with Crippen molar-refractivity contribution in [2.24, 2.45) is 0 Å². The van der Waals surface area contributed by atoms with Gasteiger partial charge < -0.3 is 10.5 Å². The monoisotopic (exact) mass is 223 g/mol. The van der Waals surface area contributed by atoms with Gasteiger partial charge in [0.1, 0.15) is 0 Å². The van der Waals surface area contributed by atoms with Crippen molar-refractivity contribution in [3.05, 3.63) is 17.8 Å². The molecule has 2 rings (SSSR count). The lowest BCUT2D eigenvalue weighted by Gasteiger charge is -2.00. The lowest BCUT2D eigenvalue weighted by Crippen LogP contribution is -2.04. The van der Waals surface area contributed by atoms with Gasteiger partial charge in [0.25, 0.3) is 0 Å². The summed E-state index contributed by atoms with van der Waals surface area (Å²) in [5.41, 5.74) is 6.51. The average molecular weight is 223 g/mol. The van der Waals surface area contributed by atoms with Gasteiger partial charge in [-0.05, 0) is 13.0 Å². The second-order valence-corrected chi connectivity index (χ2v) is 3.81. The quantitative estimate of drug-likeness (QED) is 0.779. The highest BCUT2D eigenvalue weighted by atomic mass is 32.1. The molecule has 5 nitrogen and oxygen atoms in total. The Morgan fingerprint density at radius 2 is 2.47 bits per heavy atom. The van der Waals surface area contributed by atoms with Crippen LogP contribution in [0.25, 0.3) is 10.3 Å². The number of ether oxygens (including phenoxy) is 1. The fourth-order valence-electron chi connectivity index (χ4n) is 1.22. The van der Waals surface area contributed by atoms with E-state index in [1.807, 2.05) is 0 Å². The first-order valence-electron chi connectivity index (χ1n) is 4.40. The van der Waals surface area contributed by atoms with E-state index in [1.165, 1.54) is 17.5 Å². The molecule has 2 aromatic rings. The van der Waals surface area contributed by atoms with Gasteiger partial charge in [-0.3, -0.25) is 0 Å². The number of esters is 1. The number of pyridine rings is 1. The maximum Gasteiger partial charge on any atom is 0.339 e. The van der Waals surface area contributed by atoms with Crippen molar-refractivity contribution in [3.8, 4) is 0 Å². The average Bonchev–Trinajstić information content (AvgIpc) is 2.57. The summed E-state index contributed by atoms with van der Waals surface area (Å²) in [7, 11) is 0. The minimum atomic E-state index is -0.367. The molecule has 0 bridgehead atoms. The summed E-state index contributed by atoms with van der Waals surface area (Å²) in [6.45, 7) is 2.11. The van der Waals surface area contributed by atoms with Gasteiger partial charge in [0.2, 0.25) is 0 Å². The lowest BCUT2D eigenvalue weighted by molar-refractivity contribution is 0.0529. The second kappa shape index (κ2) is 3.82. The largest absolute Gasteiger partial charge is 0.462 e. The van der Waals surface area contributed by atoms with E-state index in [9.17, 15) is 4.79 Å². The normalized spacial score (nSPS) is 10.5. The van der Waals surface area contributed by atoms with Crippen LogP contribution in [0.2, 0.25) is 0 Å². The summed E-state index contributed by atoms with van der Waals surface area (Å²) < 4.78 is 5.59. The molecule has 0 amide bonds. The maximum atomic E-state index is 11.6. The first kappa shape index (κ1) is 9.85. The maximum absolute atomic E-state index is 11.6. The van der Waals surface area contributed by atoms with Gasteiger partial charge in [-0.2, -0.15) is 0 Å². The zero-order valence-electron chi connectivity index (χ0n) is 8.06. The molecule has 15 heavy (non-hydrogen) atoms. The molecule has 0 saturated carbocycles. The number of hydrogen-bond donors (Lipinski definition) is 1. The molecular weight excluding hydrogens is 214 g/mol. The molecule has 0 aliphatic heterocycles. The van der Waals surface area contributed by atoms with Crippen molar-refractivity contribution in [2.45, 2.75) is 6.92 Å². The van der Waals surface area contributed by atoms with Crippen molar-refractivity contribution in [3.63, 3.8) is 0 Å². The van der Waals surface area contributed by atoms with Crippen molar-refractivity contribution in [2.75, 3.05) is 12.3 Å². The van der Waals surface area contributed by atoms with Gasteiger partial charge >= 0.3 is 5.97 Å². The van der Waals surface area contributed by atoms with E-state index in [0.717, 1.165) is 0 Å². The standard InChI is InChI=1S/C9H9N3O2S/c1-2-14-8(13)5-3-4-11-7-6(5)15-9(10)12-7/h3-4H,2H2,1H3,(H2,10,11,12). The minimum absolute atomic E-state index is 0.344. The third kappa shape index (κ3) is 1.75. The second-order valence-electron chi connectivity index (χ2n) is 2.78. The Kier molecular flexibility index (Phi) is 2.51. The Morgan fingerprint density at radius 3 is 3.20 bits per heavy atom. The number of rotatable bonds is 2. The lowest BCUT2D eigenvalue weighted by atomic mass is 10.3. The smallest absolute Gasteiger partial charge is 0.339 e. The Hall–Kier alpha value is -1.69. The number of aromatic nitrogens is 2. The molecule has 2 N–H and O–H groups in total. The fourth-order valence-corrected chi connectivity index (χ4v) is 2.01. The van der Waals surface area contributed by atoms with E-state index < -0.39 is 0 Å². The van der Waals surface area contributed by atoms with Crippen LogP contribution in [0, 0.1) is 0 Å². The van der Waals surface area contributed by atoms with Crippen LogP contribution in [0.3, 0.4) is 0 Å². The Labute approximate surface area is 89.9 Å².